The topological polar surface area (TPSA) is 74.6 Å². The van der Waals surface area contributed by atoms with E-state index >= 15 is 0 Å². The van der Waals surface area contributed by atoms with Crippen molar-refractivity contribution in [2.24, 2.45) is 29.1 Å². The van der Waals surface area contributed by atoms with Crippen LogP contribution in [0.25, 0.3) is 0 Å². The lowest BCUT2D eigenvalue weighted by atomic mass is 9.59. The van der Waals surface area contributed by atoms with Crippen molar-refractivity contribution in [1.29, 1.82) is 0 Å². The molecule has 0 aromatic heterocycles. The quantitative estimate of drug-likeness (QED) is 0.0828. The number of carboxylic acid groups (broad SMARTS) is 2. The number of unbranched alkanes of at least 4 members (excludes halogenated alkanes) is 13. The van der Waals surface area contributed by atoms with E-state index in [9.17, 15) is 14.7 Å². The molecule has 0 fully saturated rings. The van der Waals surface area contributed by atoms with Gasteiger partial charge in [-0.3, -0.25) is 9.59 Å². The lowest BCUT2D eigenvalue weighted by Crippen LogP contribution is -2.45. The van der Waals surface area contributed by atoms with Gasteiger partial charge in [0.15, 0.2) is 0 Å². The first-order chi connectivity index (χ1) is 19.7. The van der Waals surface area contributed by atoms with Crippen molar-refractivity contribution in [2.45, 2.75) is 196 Å². The molecule has 0 amide bonds. The molecule has 244 valence electrons. The van der Waals surface area contributed by atoms with E-state index in [4.69, 9.17) is 5.11 Å². The first-order valence-corrected chi connectivity index (χ1v) is 18.1. The van der Waals surface area contributed by atoms with Gasteiger partial charge >= 0.3 is 11.9 Å². The van der Waals surface area contributed by atoms with Crippen LogP contribution in [0.3, 0.4) is 0 Å². The zero-order valence-corrected chi connectivity index (χ0v) is 28.5. The van der Waals surface area contributed by atoms with E-state index in [1.807, 2.05) is 0 Å². The van der Waals surface area contributed by atoms with Crippen molar-refractivity contribution in [3.05, 3.63) is 0 Å². The summed E-state index contributed by atoms with van der Waals surface area (Å²) in [6.07, 6.45) is 27.2. The minimum Gasteiger partial charge on any atom is -0.481 e. The van der Waals surface area contributed by atoms with Gasteiger partial charge in [0.05, 0.1) is 5.41 Å². The van der Waals surface area contributed by atoms with Gasteiger partial charge in [0.1, 0.15) is 0 Å². The molecule has 4 atom stereocenters. The summed E-state index contributed by atoms with van der Waals surface area (Å²) in [6.45, 7) is 13.5. The standard InChI is InChI=1S/C37H72O4/c1-7-11-25-32(9-3)29-34(37(31(5)6,36(40)41)30-33(10-4)26-12-8-2)27-23-21-19-17-15-13-14-16-18-20-22-24-28-35(38)39/h31-34H,7-30H2,1-6H3,(H,38,39)(H,40,41). The van der Waals surface area contributed by atoms with Gasteiger partial charge in [0, 0.05) is 6.42 Å². The predicted molar refractivity (Wildman–Crippen MR) is 177 cm³/mol. The molecule has 41 heavy (non-hydrogen) atoms. The Bertz CT molecular complexity index is 630. The molecule has 0 aliphatic heterocycles. The van der Waals surface area contributed by atoms with Crippen molar-refractivity contribution < 1.29 is 19.8 Å². The Balaban J connectivity index is 4.99. The van der Waals surface area contributed by atoms with Crippen LogP contribution in [-0.2, 0) is 9.59 Å². The third kappa shape index (κ3) is 17.6. The van der Waals surface area contributed by atoms with E-state index in [1.165, 1.54) is 103 Å². The van der Waals surface area contributed by atoms with Crippen molar-refractivity contribution >= 4 is 11.9 Å². The van der Waals surface area contributed by atoms with E-state index in [2.05, 4.69) is 41.5 Å². The average molecular weight is 581 g/mol. The molecule has 4 unspecified atom stereocenters. The maximum atomic E-state index is 13.3. The van der Waals surface area contributed by atoms with Crippen LogP contribution in [0.1, 0.15) is 196 Å². The van der Waals surface area contributed by atoms with Gasteiger partial charge in [-0.05, 0) is 49.4 Å². The first-order valence-electron chi connectivity index (χ1n) is 18.1. The normalized spacial score (nSPS) is 15.5. The van der Waals surface area contributed by atoms with Crippen LogP contribution in [0.2, 0.25) is 0 Å². The summed E-state index contributed by atoms with van der Waals surface area (Å²) in [5, 5.41) is 19.6. The smallest absolute Gasteiger partial charge is 0.310 e. The minimum absolute atomic E-state index is 0.154. The number of carbonyl (C=O) groups is 2. The highest BCUT2D eigenvalue weighted by atomic mass is 16.4. The van der Waals surface area contributed by atoms with Crippen LogP contribution in [-0.4, -0.2) is 22.2 Å². The summed E-state index contributed by atoms with van der Waals surface area (Å²) >= 11 is 0. The van der Waals surface area contributed by atoms with Crippen LogP contribution in [0, 0.1) is 29.1 Å². The fraction of sp³-hybridized carbons (Fsp3) is 0.946. The Morgan fingerprint density at radius 2 is 1.02 bits per heavy atom. The molecule has 0 aromatic carbocycles. The molecule has 0 aromatic rings. The average Bonchev–Trinajstić information content (AvgIpc) is 2.94. The van der Waals surface area contributed by atoms with Crippen LogP contribution in [0.15, 0.2) is 0 Å². The molecule has 0 saturated carbocycles. The minimum atomic E-state index is -0.675. The molecule has 0 radical (unpaired) electrons. The SMILES string of the molecule is CCCCC(CC)CC(CCCCCCCCCCCCCCC(=O)O)C(CC(CC)CCCC)(C(=O)O)C(C)C. The number of rotatable bonds is 30. The largest absolute Gasteiger partial charge is 0.481 e. The number of hydrogen-bond acceptors (Lipinski definition) is 2. The molecular formula is C37H72O4. The summed E-state index contributed by atoms with van der Waals surface area (Å²) in [5.41, 5.74) is -0.609. The third-order valence-electron chi connectivity index (χ3n) is 10.2. The second-order valence-corrected chi connectivity index (χ2v) is 13.6. The first kappa shape index (κ1) is 39.9. The van der Waals surface area contributed by atoms with E-state index in [1.54, 1.807) is 0 Å². The van der Waals surface area contributed by atoms with Crippen LogP contribution in [0.5, 0.6) is 0 Å². The molecule has 0 bridgehead atoms. The molecule has 0 saturated heterocycles. The lowest BCUT2D eigenvalue weighted by Gasteiger charge is -2.44. The van der Waals surface area contributed by atoms with Gasteiger partial charge in [-0.15, -0.1) is 0 Å². The molecule has 0 aliphatic rings. The maximum absolute atomic E-state index is 13.3. The zero-order valence-electron chi connectivity index (χ0n) is 28.5. The Hall–Kier alpha value is -1.06. The summed E-state index contributed by atoms with van der Waals surface area (Å²) in [5.74, 6) is 0.377. The molecule has 0 spiro atoms. The highest BCUT2D eigenvalue weighted by Crippen LogP contribution is 2.49. The fourth-order valence-electron chi connectivity index (χ4n) is 7.21. The van der Waals surface area contributed by atoms with E-state index in [-0.39, 0.29) is 11.8 Å². The highest BCUT2D eigenvalue weighted by Gasteiger charge is 2.49. The Labute approximate surface area is 256 Å². The van der Waals surface area contributed by atoms with Crippen LogP contribution in [0.4, 0.5) is 0 Å². The van der Waals surface area contributed by atoms with Crippen LogP contribution >= 0.6 is 0 Å². The van der Waals surface area contributed by atoms with Gasteiger partial charge in [-0.25, -0.2) is 0 Å². The van der Waals surface area contributed by atoms with E-state index in [0.717, 1.165) is 44.9 Å². The molecule has 4 heteroatoms. The van der Waals surface area contributed by atoms with Crippen molar-refractivity contribution in [2.75, 3.05) is 0 Å². The maximum Gasteiger partial charge on any atom is 0.310 e. The van der Waals surface area contributed by atoms with E-state index < -0.39 is 17.4 Å². The molecule has 4 nitrogen and oxygen atoms in total. The second-order valence-electron chi connectivity index (χ2n) is 13.6. The number of hydrogen-bond donors (Lipinski definition) is 2. The number of aliphatic carboxylic acids is 2. The lowest BCUT2D eigenvalue weighted by molar-refractivity contribution is -0.160. The Morgan fingerprint density at radius 3 is 1.41 bits per heavy atom. The summed E-state index contributed by atoms with van der Waals surface area (Å²) in [4.78, 5) is 23.8. The highest BCUT2D eigenvalue weighted by molar-refractivity contribution is 5.75. The molecular weight excluding hydrogens is 508 g/mol. The third-order valence-corrected chi connectivity index (χ3v) is 10.2. The predicted octanol–water partition coefficient (Wildman–Crippen LogP) is 12.1. The Kier molecular flexibility index (Phi) is 24.8. The monoisotopic (exact) mass is 581 g/mol. The van der Waals surface area contributed by atoms with Crippen LogP contribution < -0.4 is 0 Å². The van der Waals surface area contributed by atoms with Crippen molar-refractivity contribution in [3.8, 4) is 0 Å². The van der Waals surface area contributed by atoms with Gasteiger partial charge in [0.25, 0.3) is 0 Å². The van der Waals surface area contributed by atoms with Crippen molar-refractivity contribution in [1.82, 2.24) is 0 Å². The summed E-state index contributed by atoms with van der Waals surface area (Å²) in [6, 6.07) is 0. The van der Waals surface area contributed by atoms with Gasteiger partial charge < -0.3 is 10.2 Å². The van der Waals surface area contributed by atoms with Gasteiger partial charge in [-0.2, -0.15) is 0 Å². The van der Waals surface area contributed by atoms with Crippen molar-refractivity contribution in [3.63, 3.8) is 0 Å². The molecule has 2 N–H and O–H groups in total. The molecule has 0 aliphatic carbocycles. The Morgan fingerprint density at radius 1 is 0.585 bits per heavy atom. The molecule has 0 heterocycles. The zero-order chi connectivity index (χ0) is 30.9. The molecule has 0 rings (SSSR count). The van der Waals surface area contributed by atoms with Gasteiger partial charge in [-0.1, -0.05) is 164 Å². The fourth-order valence-corrected chi connectivity index (χ4v) is 7.21. The summed E-state index contributed by atoms with van der Waals surface area (Å²) < 4.78 is 0. The second kappa shape index (κ2) is 25.4. The summed E-state index contributed by atoms with van der Waals surface area (Å²) in [7, 11) is 0. The van der Waals surface area contributed by atoms with Gasteiger partial charge in [0.2, 0.25) is 0 Å². The van der Waals surface area contributed by atoms with E-state index in [0.29, 0.717) is 18.3 Å². The number of carboxylic acids is 2.